The number of carbonyl (C=O) groups excluding carboxylic acids is 2. The van der Waals surface area contributed by atoms with Gasteiger partial charge in [-0.25, -0.2) is 0 Å². The van der Waals surface area contributed by atoms with E-state index in [1.165, 1.54) is 0 Å². The highest BCUT2D eigenvalue weighted by atomic mass is 35.5. The molecule has 2 aliphatic heterocycles. The van der Waals surface area contributed by atoms with Gasteiger partial charge < -0.3 is 15.3 Å². The molecule has 2 aliphatic rings. The summed E-state index contributed by atoms with van der Waals surface area (Å²) < 4.78 is 0. The Morgan fingerprint density at radius 1 is 0.973 bits per heavy atom. The molecular weight excluding hydrogens is 509 g/mol. The second-order valence-corrected chi connectivity index (χ2v) is 10.6. The van der Waals surface area contributed by atoms with Gasteiger partial charge in [-0.2, -0.15) is 0 Å². The first-order valence-corrected chi connectivity index (χ1v) is 13.2. The standard InChI is InChI=1S/C29H29Cl2N3O3/c30-22-8-4-7-21(15-22)17-29(25-10-9-23(31)16-26(25)32-28(29)37)34(18-20-5-2-1-3-6-20)19-27(36)33-13-11-24(35)12-14-33/h1-10,15-16,24,35H,11-14,17-19H2,(H,32,37). The highest BCUT2D eigenvalue weighted by molar-refractivity contribution is 6.31. The summed E-state index contributed by atoms with van der Waals surface area (Å²) >= 11 is 12.6. The summed E-state index contributed by atoms with van der Waals surface area (Å²) in [4.78, 5) is 31.4. The number of piperidine rings is 1. The van der Waals surface area contributed by atoms with Crippen molar-refractivity contribution in [1.82, 2.24) is 9.80 Å². The molecule has 192 valence electrons. The third-order valence-electron chi connectivity index (χ3n) is 7.30. The first kappa shape index (κ1) is 25.7. The third-order valence-corrected chi connectivity index (χ3v) is 7.77. The molecule has 0 aromatic heterocycles. The molecule has 1 fully saturated rings. The molecule has 0 spiro atoms. The van der Waals surface area contributed by atoms with Gasteiger partial charge in [0.15, 0.2) is 0 Å². The van der Waals surface area contributed by atoms with Crippen LogP contribution in [0.4, 0.5) is 5.69 Å². The second kappa shape index (κ2) is 10.8. The van der Waals surface area contributed by atoms with Gasteiger partial charge in [-0.1, -0.05) is 71.7 Å². The molecule has 2 N–H and O–H groups in total. The van der Waals surface area contributed by atoms with Crippen LogP contribution in [-0.4, -0.2) is 52.5 Å². The number of nitrogens with zero attached hydrogens (tertiary/aromatic N) is 2. The van der Waals surface area contributed by atoms with Crippen molar-refractivity contribution in [3.63, 3.8) is 0 Å². The average molecular weight is 538 g/mol. The molecule has 8 heteroatoms. The zero-order chi connectivity index (χ0) is 26.0. The zero-order valence-electron chi connectivity index (χ0n) is 20.4. The number of hydrogen-bond donors (Lipinski definition) is 2. The van der Waals surface area contributed by atoms with E-state index in [0.29, 0.717) is 54.6 Å². The maximum atomic E-state index is 14.0. The van der Waals surface area contributed by atoms with Gasteiger partial charge in [0.05, 0.1) is 12.6 Å². The van der Waals surface area contributed by atoms with E-state index in [0.717, 1.165) is 16.7 Å². The van der Waals surface area contributed by atoms with Gasteiger partial charge in [-0.05, 0) is 48.2 Å². The summed E-state index contributed by atoms with van der Waals surface area (Å²) in [7, 11) is 0. The van der Waals surface area contributed by atoms with Crippen LogP contribution in [0.15, 0.2) is 72.8 Å². The number of hydrogen-bond acceptors (Lipinski definition) is 4. The van der Waals surface area contributed by atoms with Crippen LogP contribution in [0.3, 0.4) is 0 Å². The van der Waals surface area contributed by atoms with Crippen LogP contribution in [0.25, 0.3) is 0 Å². The van der Waals surface area contributed by atoms with Crippen molar-refractivity contribution in [3.8, 4) is 0 Å². The lowest BCUT2D eigenvalue weighted by molar-refractivity contribution is -0.139. The number of rotatable bonds is 7. The molecular formula is C29H29Cl2N3O3. The van der Waals surface area contributed by atoms with Crippen LogP contribution in [0.5, 0.6) is 0 Å². The number of likely N-dealkylation sites (tertiary alicyclic amines) is 1. The van der Waals surface area contributed by atoms with Crippen LogP contribution in [0.1, 0.15) is 29.5 Å². The molecule has 3 aromatic carbocycles. The van der Waals surface area contributed by atoms with Crippen molar-refractivity contribution in [2.24, 2.45) is 0 Å². The number of aliphatic hydroxyl groups is 1. The summed E-state index contributed by atoms with van der Waals surface area (Å²) in [5.74, 6) is -0.272. The van der Waals surface area contributed by atoms with Gasteiger partial charge in [0, 0.05) is 47.4 Å². The quantitative estimate of drug-likeness (QED) is 0.451. The molecule has 1 atom stereocenters. The number of halogens is 2. The van der Waals surface area contributed by atoms with Crippen LogP contribution in [0, 0.1) is 0 Å². The summed E-state index contributed by atoms with van der Waals surface area (Å²) in [5, 5.41) is 14.1. The van der Waals surface area contributed by atoms with Gasteiger partial charge in [0.2, 0.25) is 11.8 Å². The highest BCUT2D eigenvalue weighted by Crippen LogP contribution is 2.45. The lowest BCUT2D eigenvalue weighted by Gasteiger charge is -2.41. The van der Waals surface area contributed by atoms with E-state index in [1.807, 2.05) is 59.5 Å². The fourth-order valence-corrected chi connectivity index (χ4v) is 5.77. The minimum Gasteiger partial charge on any atom is -0.393 e. The van der Waals surface area contributed by atoms with Crippen molar-refractivity contribution in [3.05, 3.63) is 99.5 Å². The van der Waals surface area contributed by atoms with E-state index in [1.54, 1.807) is 23.1 Å². The van der Waals surface area contributed by atoms with Crippen LogP contribution in [-0.2, 0) is 28.1 Å². The Labute approximate surface area is 226 Å². The highest BCUT2D eigenvalue weighted by Gasteiger charge is 2.52. The fraction of sp³-hybridized carbons (Fsp3) is 0.310. The maximum absolute atomic E-state index is 14.0. The Hall–Kier alpha value is -2.90. The zero-order valence-corrected chi connectivity index (χ0v) is 21.9. The predicted molar refractivity (Wildman–Crippen MR) is 146 cm³/mol. The fourth-order valence-electron chi connectivity index (χ4n) is 5.38. The van der Waals surface area contributed by atoms with Crippen molar-refractivity contribution < 1.29 is 14.7 Å². The lowest BCUT2D eigenvalue weighted by atomic mass is 9.82. The van der Waals surface area contributed by atoms with Gasteiger partial charge in [-0.15, -0.1) is 0 Å². The molecule has 0 bridgehead atoms. The summed E-state index contributed by atoms with van der Waals surface area (Å²) in [6.07, 6.45) is 1.06. The van der Waals surface area contributed by atoms with Crippen molar-refractivity contribution in [2.45, 2.75) is 37.5 Å². The molecule has 0 radical (unpaired) electrons. The molecule has 2 heterocycles. The number of anilines is 1. The number of amides is 2. The largest absolute Gasteiger partial charge is 0.393 e. The van der Waals surface area contributed by atoms with Gasteiger partial charge >= 0.3 is 0 Å². The van der Waals surface area contributed by atoms with Crippen molar-refractivity contribution in [2.75, 3.05) is 25.0 Å². The SMILES string of the molecule is O=C(CN(Cc1ccccc1)C1(Cc2cccc(Cl)c2)C(=O)Nc2cc(Cl)ccc21)N1CCC(O)CC1. The maximum Gasteiger partial charge on any atom is 0.249 e. The van der Waals surface area contributed by atoms with E-state index >= 15 is 0 Å². The topological polar surface area (TPSA) is 72.9 Å². The minimum atomic E-state index is -1.16. The predicted octanol–water partition coefficient (Wildman–Crippen LogP) is 4.87. The third kappa shape index (κ3) is 5.39. The van der Waals surface area contributed by atoms with E-state index in [-0.39, 0.29) is 24.5 Å². The Balaban J connectivity index is 1.60. The number of benzene rings is 3. The Bertz CT molecular complexity index is 1290. The van der Waals surface area contributed by atoms with Crippen molar-refractivity contribution in [1.29, 1.82) is 0 Å². The summed E-state index contributed by atoms with van der Waals surface area (Å²) in [5.41, 5.74) is 2.14. The molecule has 6 nitrogen and oxygen atoms in total. The van der Waals surface area contributed by atoms with Crippen LogP contribution >= 0.6 is 23.2 Å². The van der Waals surface area contributed by atoms with E-state index < -0.39 is 5.54 Å². The second-order valence-electron chi connectivity index (χ2n) is 9.76. The number of fused-ring (bicyclic) bond motifs is 1. The van der Waals surface area contributed by atoms with E-state index in [2.05, 4.69) is 5.32 Å². The van der Waals surface area contributed by atoms with Gasteiger partial charge in [-0.3, -0.25) is 14.5 Å². The number of nitrogens with one attached hydrogen (secondary N) is 1. The molecule has 1 unspecified atom stereocenters. The normalized spacial score (nSPS) is 19.7. The minimum absolute atomic E-state index is 0.0427. The molecule has 5 rings (SSSR count). The summed E-state index contributed by atoms with van der Waals surface area (Å²) in [6, 6.07) is 22.7. The number of aliphatic hydroxyl groups excluding tert-OH is 1. The molecule has 0 aliphatic carbocycles. The molecule has 2 amide bonds. The Morgan fingerprint density at radius 3 is 2.41 bits per heavy atom. The monoisotopic (exact) mass is 537 g/mol. The smallest absolute Gasteiger partial charge is 0.249 e. The molecule has 1 saturated heterocycles. The van der Waals surface area contributed by atoms with Crippen LogP contribution < -0.4 is 5.32 Å². The molecule has 0 saturated carbocycles. The first-order valence-electron chi connectivity index (χ1n) is 12.5. The molecule has 37 heavy (non-hydrogen) atoms. The molecule has 3 aromatic rings. The van der Waals surface area contributed by atoms with E-state index in [4.69, 9.17) is 23.2 Å². The van der Waals surface area contributed by atoms with Crippen LogP contribution in [0.2, 0.25) is 10.0 Å². The van der Waals surface area contributed by atoms with Crippen molar-refractivity contribution >= 4 is 40.7 Å². The summed E-state index contributed by atoms with van der Waals surface area (Å²) in [6.45, 7) is 1.43. The average Bonchev–Trinajstić information content (AvgIpc) is 3.15. The Morgan fingerprint density at radius 2 is 1.68 bits per heavy atom. The Kier molecular flexibility index (Phi) is 7.54. The lowest BCUT2D eigenvalue weighted by Crippen LogP contribution is -2.56. The van der Waals surface area contributed by atoms with E-state index in [9.17, 15) is 14.7 Å². The van der Waals surface area contributed by atoms with Gasteiger partial charge in [0.25, 0.3) is 0 Å². The number of carbonyl (C=O) groups is 2. The van der Waals surface area contributed by atoms with Gasteiger partial charge in [0.1, 0.15) is 5.54 Å². The first-order chi connectivity index (χ1) is 17.8.